The Morgan fingerprint density at radius 3 is 2.81 bits per heavy atom. The van der Waals surface area contributed by atoms with Gasteiger partial charge in [0.25, 0.3) is 5.91 Å². The Hall–Kier alpha value is -2.70. The van der Waals surface area contributed by atoms with Crippen LogP contribution in [0.5, 0.6) is 0 Å². The van der Waals surface area contributed by atoms with Gasteiger partial charge < -0.3 is 14.6 Å². The summed E-state index contributed by atoms with van der Waals surface area (Å²) in [5.74, 6) is 0.503. The Labute approximate surface area is 158 Å². The van der Waals surface area contributed by atoms with Gasteiger partial charge >= 0.3 is 0 Å². The molecule has 1 aromatic heterocycles. The molecule has 2 aromatic carbocycles. The molecule has 1 N–H and O–H groups in total. The highest BCUT2D eigenvalue weighted by molar-refractivity contribution is 5.92. The fraction of sp³-hybridized carbons (Fsp3) is 0.333. The number of aromatic nitrogens is 1. The zero-order chi connectivity index (χ0) is 18.5. The van der Waals surface area contributed by atoms with E-state index in [0.29, 0.717) is 24.5 Å². The average molecular weight is 365 g/mol. The standard InChI is InChI=1S/C21H23N3O3/c25-21(20-14-18(27-23-20)15-24-10-12-26-13-11-24)22-9-8-17-6-3-5-16-4-1-2-7-19(16)17/h1-7,14H,8-13,15H2,(H,22,25). The Balaban J connectivity index is 1.31. The molecule has 0 bridgehead atoms. The second-order valence-electron chi connectivity index (χ2n) is 6.71. The highest BCUT2D eigenvalue weighted by Crippen LogP contribution is 2.18. The third-order valence-corrected chi connectivity index (χ3v) is 4.83. The number of ether oxygens (including phenoxy) is 1. The fourth-order valence-electron chi connectivity index (χ4n) is 3.39. The second kappa shape index (κ2) is 8.33. The van der Waals surface area contributed by atoms with Crippen molar-refractivity contribution in [1.29, 1.82) is 0 Å². The lowest BCUT2D eigenvalue weighted by atomic mass is 10.0. The third kappa shape index (κ3) is 4.35. The van der Waals surface area contributed by atoms with Gasteiger partial charge in [-0.2, -0.15) is 0 Å². The first-order valence-corrected chi connectivity index (χ1v) is 9.30. The maximum atomic E-state index is 12.3. The number of benzene rings is 2. The van der Waals surface area contributed by atoms with Crippen molar-refractivity contribution in [3.05, 3.63) is 65.5 Å². The van der Waals surface area contributed by atoms with Gasteiger partial charge in [0.2, 0.25) is 0 Å². The highest BCUT2D eigenvalue weighted by atomic mass is 16.5. The molecule has 140 valence electrons. The topological polar surface area (TPSA) is 67.6 Å². The SMILES string of the molecule is O=C(NCCc1cccc2ccccc12)c1cc(CN2CCOCC2)on1. The van der Waals surface area contributed by atoms with E-state index in [-0.39, 0.29) is 5.91 Å². The van der Waals surface area contributed by atoms with Crippen LogP contribution in [0.3, 0.4) is 0 Å². The maximum Gasteiger partial charge on any atom is 0.273 e. The van der Waals surface area contributed by atoms with E-state index in [1.807, 2.05) is 12.1 Å². The molecule has 0 atom stereocenters. The van der Waals surface area contributed by atoms with Gasteiger partial charge in [-0.25, -0.2) is 0 Å². The second-order valence-corrected chi connectivity index (χ2v) is 6.71. The first-order chi connectivity index (χ1) is 13.3. The summed E-state index contributed by atoms with van der Waals surface area (Å²) in [5, 5.41) is 9.29. The molecule has 1 amide bonds. The van der Waals surface area contributed by atoms with Crippen molar-refractivity contribution in [2.24, 2.45) is 0 Å². The van der Waals surface area contributed by atoms with Crippen LogP contribution in [0.2, 0.25) is 0 Å². The number of fused-ring (bicyclic) bond motifs is 1. The van der Waals surface area contributed by atoms with Gasteiger partial charge in [-0.1, -0.05) is 47.6 Å². The van der Waals surface area contributed by atoms with E-state index < -0.39 is 0 Å². The molecule has 1 saturated heterocycles. The number of carbonyl (C=O) groups excluding carboxylic acids is 1. The first kappa shape index (κ1) is 17.7. The Bertz CT molecular complexity index is 910. The summed E-state index contributed by atoms with van der Waals surface area (Å²) in [6.45, 7) is 4.41. The van der Waals surface area contributed by atoms with Crippen molar-refractivity contribution in [3.8, 4) is 0 Å². The van der Waals surface area contributed by atoms with E-state index in [1.54, 1.807) is 6.07 Å². The lowest BCUT2D eigenvalue weighted by Crippen LogP contribution is -2.35. The van der Waals surface area contributed by atoms with E-state index in [1.165, 1.54) is 16.3 Å². The molecule has 6 heteroatoms. The van der Waals surface area contributed by atoms with Gasteiger partial charge in [-0.05, 0) is 22.8 Å². The summed E-state index contributed by atoms with van der Waals surface area (Å²) in [6, 6.07) is 16.3. The number of rotatable bonds is 6. The quantitative estimate of drug-likeness (QED) is 0.727. The number of morpholine rings is 1. The molecular formula is C21H23N3O3. The summed E-state index contributed by atoms with van der Waals surface area (Å²) in [5.41, 5.74) is 1.55. The van der Waals surface area contributed by atoms with E-state index in [0.717, 1.165) is 32.7 Å². The van der Waals surface area contributed by atoms with Crippen LogP contribution < -0.4 is 5.32 Å². The summed E-state index contributed by atoms with van der Waals surface area (Å²) in [7, 11) is 0. The van der Waals surface area contributed by atoms with Crippen LogP contribution in [0.1, 0.15) is 21.8 Å². The van der Waals surface area contributed by atoms with Crippen LogP contribution in [0.4, 0.5) is 0 Å². The molecule has 0 aliphatic carbocycles. The van der Waals surface area contributed by atoms with Crippen molar-refractivity contribution in [3.63, 3.8) is 0 Å². The molecule has 2 heterocycles. The van der Waals surface area contributed by atoms with Gasteiger partial charge in [-0.15, -0.1) is 0 Å². The average Bonchev–Trinajstić information content (AvgIpc) is 3.17. The van der Waals surface area contributed by atoms with E-state index >= 15 is 0 Å². The van der Waals surface area contributed by atoms with E-state index in [4.69, 9.17) is 9.26 Å². The highest BCUT2D eigenvalue weighted by Gasteiger charge is 2.16. The van der Waals surface area contributed by atoms with Crippen molar-refractivity contribution in [1.82, 2.24) is 15.4 Å². The van der Waals surface area contributed by atoms with Gasteiger partial charge in [-0.3, -0.25) is 9.69 Å². The van der Waals surface area contributed by atoms with Crippen LogP contribution in [0.15, 0.2) is 53.1 Å². The molecule has 27 heavy (non-hydrogen) atoms. The fourth-order valence-corrected chi connectivity index (χ4v) is 3.39. The molecule has 0 saturated carbocycles. The summed E-state index contributed by atoms with van der Waals surface area (Å²) >= 11 is 0. The predicted octanol–water partition coefficient (Wildman–Crippen LogP) is 2.63. The molecule has 0 spiro atoms. The lowest BCUT2D eigenvalue weighted by molar-refractivity contribution is 0.0305. The molecule has 6 nitrogen and oxygen atoms in total. The monoisotopic (exact) mass is 365 g/mol. The van der Waals surface area contributed by atoms with Crippen molar-refractivity contribution in [2.45, 2.75) is 13.0 Å². The number of hydrogen-bond acceptors (Lipinski definition) is 5. The van der Waals surface area contributed by atoms with Gasteiger partial charge in [0, 0.05) is 25.7 Å². The van der Waals surface area contributed by atoms with Crippen LogP contribution in [-0.4, -0.2) is 48.8 Å². The maximum absolute atomic E-state index is 12.3. The van der Waals surface area contributed by atoms with Crippen molar-refractivity contribution in [2.75, 3.05) is 32.8 Å². The molecule has 1 aliphatic heterocycles. The van der Waals surface area contributed by atoms with Crippen LogP contribution >= 0.6 is 0 Å². The third-order valence-electron chi connectivity index (χ3n) is 4.83. The number of nitrogens with one attached hydrogen (secondary N) is 1. The number of hydrogen-bond donors (Lipinski definition) is 1. The lowest BCUT2D eigenvalue weighted by Gasteiger charge is -2.25. The Kier molecular flexibility index (Phi) is 5.46. The largest absolute Gasteiger partial charge is 0.379 e. The van der Waals surface area contributed by atoms with Crippen LogP contribution in [0, 0.1) is 0 Å². The van der Waals surface area contributed by atoms with Crippen molar-refractivity contribution >= 4 is 16.7 Å². The summed E-state index contributed by atoms with van der Waals surface area (Å²) < 4.78 is 10.7. The van der Waals surface area contributed by atoms with Gasteiger partial charge in [0.1, 0.15) is 0 Å². The zero-order valence-electron chi connectivity index (χ0n) is 15.2. The summed E-state index contributed by atoms with van der Waals surface area (Å²) in [4.78, 5) is 14.6. The first-order valence-electron chi connectivity index (χ1n) is 9.30. The minimum Gasteiger partial charge on any atom is -0.379 e. The molecule has 3 aromatic rings. The molecule has 1 aliphatic rings. The number of nitrogens with zero attached hydrogens (tertiary/aromatic N) is 2. The summed E-state index contributed by atoms with van der Waals surface area (Å²) in [6.07, 6.45) is 0.769. The smallest absolute Gasteiger partial charge is 0.273 e. The van der Waals surface area contributed by atoms with Crippen LogP contribution in [-0.2, 0) is 17.7 Å². The zero-order valence-corrected chi connectivity index (χ0v) is 15.2. The Morgan fingerprint density at radius 1 is 1.11 bits per heavy atom. The van der Waals surface area contributed by atoms with Crippen molar-refractivity contribution < 1.29 is 14.1 Å². The van der Waals surface area contributed by atoms with E-state index in [9.17, 15) is 4.79 Å². The van der Waals surface area contributed by atoms with Gasteiger partial charge in [0.05, 0.1) is 19.8 Å². The van der Waals surface area contributed by atoms with E-state index in [2.05, 4.69) is 45.7 Å². The minimum atomic E-state index is -0.202. The molecule has 4 rings (SSSR count). The predicted molar refractivity (Wildman–Crippen MR) is 103 cm³/mol. The molecular weight excluding hydrogens is 342 g/mol. The number of amides is 1. The molecule has 0 unspecified atom stereocenters. The molecule has 1 fully saturated rings. The van der Waals surface area contributed by atoms with Crippen LogP contribution in [0.25, 0.3) is 10.8 Å². The van der Waals surface area contributed by atoms with Gasteiger partial charge in [0.15, 0.2) is 11.5 Å². The molecule has 0 radical (unpaired) electrons. The Morgan fingerprint density at radius 2 is 1.93 bits per heavy atom. The number of carbonyl (C=O) groups is 1. The normalized spacial score (nSPS) is 15.1. The minimum absolute atomic E-state index is 0.202.